The first-order chi connectivity index (χ1) is 8.69. The van der Waals surface area contributed by atoms with Crippen LogP contribution in [0.15, 0.2) is 5.38 Å². The van der Waals surface area contributed by atoms with Crippen molar-refractivity contribution in [2.45, 2.75) is 25.9 Å². The highest BCUT2D eigenvalue weighted by molar-refractivity contribution is 7.09. The van der Waals surface area contributed by atoms with Gasteiger partial charge < -0.3 is 10.6 Å². The molecule has 1 aliphatic heterocycles. The van der Waals surface area contributed by atoms with Crippen molar-refractivity contribution in [3.63, 3.8) is 0 Å². The fraction of sp³-hybridized carbons (Fsp3) is 0.667. The van der Waals surface area contributed by atoms with Gasteiger partial charge in [0.2, 0.25) is 5.91 Å². The van der Waals surface area contributed by atoms with Gasteiger partial charge in [0.1, 0.15) is 5.01 Å². The van der Waals surface area contributed by atoms with Gasteiger partial charge in [-0.15, -0.1) is 36.2 Å². The van der Waals surface area contributed by atoms with Gasteiger partial charge >= 0.3 is 0 Å². The molecule has 5 nitrogen and oxygen atoms in total. The topological polar surface area (TPSA) is 57.3 Å². The first-order valence-corrected chi connectivity index (χ1v) is 7.15. The number of hydrogen-bond donors (Lipinski definition) is 2. The maximum Gasteiger partial charge on any atom is 0.226 e. The largest absolute Gasteiger partial charge is 0.359 e. The van der Waals surface area contributed by atoms with Gasteiger partial charge in [-0.1, -0.05) is 0 Å². The van der Waals surface area contributed by atoms with Crippen LogP contribution in [-0.2, 0) is 17.8 Å². The second-order valence-corrected chi connectivity index (χ2v) is 5.55. The van der Waals surface area contributed by atoms with Crippen LogP contribution in [0.25, 0.3) is 0 Å². The molecule has 1 aliphatic rings. The van der Waals surface area contributed by atoms with Crippen molar-refractivity contribution in [2.24, 2.45) is 0 Å². The number of thiazole rings is 1. The summed E-state index contributed by atoms with van der Waals surface area (Å²) in [5, 5.41) is 8.96. The standard InChI is InChI=1S/C12H20N4OS.2ClH/c1-9-6-14-3-4-16(9)7-10-8-18-12(15-10)5-11(17)13-2;;/h8-9,14H,3-7H2,1-2H3,(H,13,17);2*1H/t9-;;/m0../s1. The number of likely N-dealkylation sites (N-methyl/N-ethyl adjacent to an activating group) is 1. The number of hydrogen-bond acceptors (Lipinski definition) is 5. The van der Waals surface area contributed by atoms with Gasteiger partial charge in [0.15, 0.2) is 0 Å². The summed E-state index contributed by atoms with van der Waals surface area (Å²) >= 11 is 1.57. The minimum absolute atomic E-state index is 0. The third-order valence-corrected chi connectivity index (χ3v) is 4.09. The molecule has 2 rings (SSSR count). The molecule has 1 fully saturated rings. The molecule has 1 atom stereocenters. The van der Waals surface area contributed by atoms with Crippen LogP contribution in [0.2, 0.25) is 0 Å². The van der Waals surface area contributed by atoms with E-state index in [9.17, 15) is 4.79 Å². The highest BCUT2D eigenvalue weighted by Gasteiger charge is 2.19. The zero-order chi connectivity index (χ0) is 13.0. The Morgan fingerprint density at radius 1 is 1.60 bits per heavy atom. The molecular formula is C12H22Cl2N4OS. The van der Waals surface area contributed by atoms with Gasteiger partial charge in [-0.2, -0.15) is 0 Å². The molecule has 2 heterocycles. The number of nitrogens with zero attached hydrogens (tertiary/aromatic N) is 2. The number of amides is 1. The van der Waals surface area contributed by atoms with Gasteiger partial charge in [0, 0.05) is 44.6 Å². The summed E-state index contributed by atoms with van der Waals surface area (Å²) in [6, 6.07) is 0.544. The number of piperazine rings is 1. The van der Waals surface area contributed by atoms with E-state index in [4.69, 9.17) is 0 Å². The molecule has 1 aromatic heterocycles. The molecule has 0 unspecified atom stereocenters. The van der Waals surface area contributed by atoms with Gasteiger partial charge in [-0.05, 0) is 6.92 Å². The molecule has 0 radical (unpaired) electrons. The van der Waals surface area contributed by atoms with Crippen molar-refractivity contribution in [1.82, 2.24) is 20.5 Å². The van der Waals surface area contributed by atoms with E-state index in [1.807, 2.05) is 0 Å². The lowest BCUT2D eigenvalue weighted by Crippen LogP contribution is -2.49. The number of carbonyl (C=O) groups is 1. The first-order valence-electron chi connectivity index (χ1n) is 6.27. The number of nitrogens with one attached hydrogen (secondary N) is 2. The number of rotatable bonds is 4. The highest BCUT2D eigenvalue weighted by Crippen LogP contribution is 2.14. The molecule has 2 N–H and O–H groups in total. The van der Waals surface area contributed by atoms with E-state index in [1.165, 1.54) is 0 Å². The third-order valence-electron chi connectivity index (χ3n) is 3.19. The first kappa shape index (κ1) is 19.6. The van der Waals surface area contributed by atoms with E-state index >= 15 is 0 Å². The van der Waals surface area contributed by atoms with Crippen molar-refractivity contribution in [2.75, 3.05) is 26.7 Å². The van der Waals surface area contributed by atoms with Crippen LogP contribution in [0, 0.1) is 0 Å². The Morgan fingerprint density at radius 3 is 3.00 bits per heavy atom. The number of carbonyl (C=O) groups excluding carboxylic acids is 1. The summed E-state index contributed by atoms with van der Waals surface area (Å²) in [5.74, 6) is 0.0199. The average Bonchev–Trinajstić information content (AvgIpc) is 2.79. The van der Waals surface area contributed by atoms with Crippen LogP contribution in [0.5, 0.6) is 0 Å². The van der Waals surface area contributed by atoms with E-state index in [0.29, 0.717) is 12.5 Å². The lowest BCUT2D eigenvalue weighted by atomic mass is 10.2. The van der Waals surface area contributed by atoms with E-state index < -0.39 is 0 Å². The predicted molar refractivity (Wildman–Crippen MR) is 87.1 cm³/mol. The van der Waals surface area contributed by atoms with Crippen LogP contribution in [-0.4, -0.2) is 48.5 Å². The SMILES string of the molecule is CNC(=O)Cc1nc(CN2CCNC[C@@H]2C)cs1.Cl.Cl. The maximum absolute atomic E-state index is 11.3. The van der Waals surface area contributed by atoms with E-state index in [-0.39, 0.29) is 30.7 Å². The Morgan fingerprint density at radius 2 is 2.35 bits per heavy atom. The molecule has 116 valence electrons. The van der Waals surface area contributed by atoms with Crippen LogP contribution in [0.1, 0.15) is 17.6 Å². The summed E-state index contributed by atoms with van der Waals surface area (Å²) in [4.78, 5) is 18.2. The molecule has 1 saturated heterocycles. The minimum atomic E-state index is 0. The monoisotopic (exact) mass is 340 g/mol. The third kappa shape index (κ3) is 5.54. The van der Waals surface area contributed by atoms with Crippen LogP contribution >= 0.6 is 36.2 Å². The molecule has 8 heteroatoms. The Balaban J connectivity index is 0.00000180. The molecule has 0 spiro atoms. The fourth-order valence-corrected chi connectivity index (χ4v) is 2.84. The Bertz CT molecular complexity index is 416. The second-order valence-electron chi connectivity index (χ2n) is 4.61. The number of aromatic nitrogens is 1. The zero-order valence-corrected chi connectivity index (χ0v) is 14.2. The summed E-state index contributed by atoms with van der Waals surface area (Å²) in [5.41, 5.74) is 1.08. The maximum atomic E-state index is 11.3. The van der Waals surface area contributed by atoms with Crippen molar-refractivity contribution in [3.8, 4) is 0 Å². The molecule has 0 aliphatic carbocycles. The van der Waals surface area contributed by atoms with Gasteiger partial charge in [0.05, 0.1) is 12.1 Å². The lowest BCUT2D eigenvalue weighted by molar-refractivity contribution is -0.119. The van der Waals surface area contributed by atoms with Crippen LogP contribution in [0.3, 0.4) is 0 Å². The van der Waals surface area contributed by atoms with Crippen LogP contribution in [0.4, 0.5) is 0 Å². The summed E-state index contributed by atoms with van der Waals surface area (Å²) < 4.78 is 0. The quantitative estimate of drug-likeness (QED) is 0.860. The molecule has 0 saturated carbocycles. The molecule has 20 heavy (non-hydrogen) atoms. The second kappa shape index (κ2) is 9.52. The molecule has 1 aromatic rings. The van der Waals surface area contributed by atoms with Gasteiger partial charge in [-0.25, -0.2) is 4.98 Å². The zero-order valence-electron chi connectivity index (χ0n) is 11.7. The fourth-order valence-electron chi connectivity index (χ4n) is 2.05. The molecule has 0 bridgehead atoms. The normalized spacial score (nSPS) is 18.8. The summed E-state index contributed by atoms with van der Waals surface area (Å²) in [7, 11) is 1.65. The average molecular weight is 341 g/mol. The summed E-state index contributed by atoms with van der Waals surface area (Å²) in [6.45, 7) is 6.25. The lowest BCUT2D eigenvalue weighted by Gasteiger charge is -2.33. The van der Waals surface area contributed by atoms with E-state index in [2.05, 4.69) is 32.8 Å². The van der Waals surface area contributed by atoms with Gasteiger partial charge in [0.25, 0.3) is 0 Å². The summed E-state index contributed by atoms with van der Waals surface area (Å²) in [6.07, 6.45) is 0.387. The smallest absolute Gasteiger partial charge is 0.226 e. The molecule has 1 amide bonds. The predicted octanol–water partition coefficient (Wildman–Crippen LogP) is 1.07. The van der Waals surface area contributed by atoms with Crippen molar-refractivity contribution in [3.05, 3.63) is 16.1 Å². The van der Waals surface area contributed by atoms with Crippen LogP contribution < -0.4 is 10.6 Å². The Hall–Kier alpha value is -0.400. The molecular weight excluding hydrogens is 319 g/mol. The Labute approximate surface area is 136 Å². The van der Waals surface area contributed by atoms with E-state index in [1.54, 1.807) is 18.4 Å². The van der Waals surface area contributed by atoms with Crippen molar-refractivity contribution < 1.29 is 4.79 Å². The minimum Gasteiger partial charge on any atom is -0.359 e. The molecule has 0 aromatic carbocycles. The Kier molecular flexibility index (Phi) is 9.33. The highest BCUT2D eigenvalue weighted by atomic mass is 35.5. The van der Waals surface area contributed by atoms with E-state index in [0.717, 1.165) is 36.9 Å². The number of halogens is 2. The van der Waals surface area contributed by atoms with Gasteiger partial charge in [-0.3, -0.25) is 9.69 Å². The van der Waals surface area contributed by atoms with Crippen molar-refractivity contribution in [1.29, 1.82) is 0 Å². The van der Waals surface area contributed by atoms with Crippen molar-refractivity contribution >= 4 is 42.1 Å².